The molecule has 1 aliphatic heterocycles. The van der Waals surface area contributed by atoms with Crippen LogP contribution in [0.25, 0.3) is 0 Å². The van der Waals surface area contributed by atoms with Gasteiger partial charge in [-0.25, -0.2) is 0 Å². The number of hydrogen-bond acceptors (Lipinski definition) is 3. The molecule has 2 aromatic rings. The Kier molecular flexibility index (Phi) is 4.46. The van der Waals surface area contributed by atoms with E-state index in [1.165, 1.54) is 0 Å². The fourth-order valence-corrected chi connectivity index (χ4v) is 2.97. The van der Waals surface area contributed by atoms with Gasteiger partial charge in [0.05, 0.1) is 5.92 Å². The molecule has 5 heteroatoms. The number of H-pyrrole nitrogens is 1. The number of pyridine rings is 1. The van der Waals surface area contributed by atoms with Gasteiger partial charge in [-0.15, -0.1) is 0 Å². The fourth-order valence-electron chi connectivity index (χ4n) is 2.97. The van der Waals surface area contributed by atoms with Gasteiger partial charge in [-0.3, -0.25) is 9.59 Å². The van der Waals surface area contributed by atoms with Crippen molar-refractivity contribution in [2.24, 2.45) is 0 Å². The SMILES string of the molecule is CC(C(=O)N1CCN(c2cc[nH]c(=O)c2)CC1)c1ccccc1. The summed E-state index contributed by atoms with van der Waals surface area (Å²) in [5.41, 5.74) is 1.87. The average molecular weight is 311 g/mol. The van der Waals surface area contributed by atoms with Crippen LogP contribution in [0, 0.1) is 0 Å². The van der Waals surface area contributed by atoms with E-state index in [2.05, 4.69) is 9.88 Å². The van der Waals surface area contributed by atoms with Crippen molar-refractivity contribution in [3.05, 3.63) is 64.6 Å². The monoisotopic (exact) mass is 311 g/mol. The van der Waals surface area contributed by atoms with Gasteiger partial charge in [0, 0.05) is 44.1 Å². The van der Waals surface area contributed by atoms with E-state index in [0.29, 0.717) is 13.1 Å². The van der Waals surface area contributed by atoms with Crippen molar-refractivity contribution in [1.29, 1.82) is 0 Å². The third-order valence-corrected chi connectivity index (χ3v) is 4.39. The first kappa shape index (κ1) is 15.3. The zero-order valence-corrected chi connectivity index (χ0v) is 13.2. The summed E-state index contributed by atoms with van der Waals surface area (Å²) >= 11 is 0. The number of amides is 1. The van der Waals surface area contributed by atoms with Gasteiger partial charge in [-0.1, -0.05) is 30.3 Å². The summed E-state index contributed by atoms with van der Waals surface area (Å²) in [7, 11) is 0. The highest BCUT2D eigenvalue weighted by Crippen LogP contribution is 2.20. The second-order valence-electron chi connectivity index (χ2n) is 5.86. The summed E-state index contributed by atoms with van der Waals surface area (Å²) in [5, 5.41) is 0. The molecule has 1 aromatic carbocycles. The second kappa shape index (κ2) is 6.69. The molecule has 1 saturated heterocycles. The molecule has 2 heterocycles. The number of aromatic amines is 1. The minimum atomic E-state index is -0.123. The number of carbonyl (C=O) groups is 1. The first-order chi connectivity index (χ1) is 11.1. The molecule has 1 unspecified atom stereocenters. The summed E-state index contributed by atoms with van der Waals surface area (Å²) in [6.07, 6.45) is 1.66. The number of benzene rings is 1. The molecule has 1 amide bonds. The average Bonchev–Trinajstić information content (AvgIpc) is 2.61. The van der Waals surface area contributed by atoms with Crippen LogP contribution in [0.15, 0.2) is 53.5 Å². The molecule has 3 rings (SSSR count). The van der Waals surface area contributed by atoms with E-state index in [4.69, 9.17) is 0 Å². The van der Waals surface area contributed by atoms with E-state index >= 15 is 0 Å². The van der Waals surface area contributed by atoms with Gasteiger partial charge in [0.15, 0.2) is 0 Å². The van der Waals surface area contributed by atoms with Crippen LogP contribution in [0.1, 0.15) is 18.4 Å². The molecule has 0 spiro atoms. The number of nitrogens with one attached hydrogen (secondary N) is 1. The van der Waals surface area contributed by atoms with Crippen LogP contribution >= 0.6 is 0 Å². The normalized spacial score (nSPS) is 16.2. The highest BCUT2D eigenvalue weighted by molar-refractivity contribution is 5.83. The van der Waals surface area contributed by atoms with Crippen molar-refractivity contribution in [2.75, 3.05) is 31.1 Å². The topological polar surface area (TPSA) is 56.4 Å². The molecule has 23 heavy (non-hydrogen) atoms. The van der Waals surface area contributed by atoms with E-state index in [1.54, 1.807) is 12.3 Å². The lowest BCUT2D eigenvalue weighted by atomic mass is 9.99. The van der Waals surface area contributed by atoms with Crippen molar-refractivity contribution in [3.8, 4) is 0 Å². The molecular weight excluding hydrogens is 290 g/mol. The van der Waals surface area contributed by atoms with Gasteiger partial charge in [-0.05, 0) is 18.6 Å². The second-order valence-corrected chi connectivity index (χ2v) is 5.86. The van der Waals surface area contributed by atoms with E-state index in [9.17, 15) is 9.59 Å². The summed E-state index contributed by atoms with van der Waals surface area (Å²) in [6, 6.07) is 13.4. The Morgan fingerprint density at radius 2 is 1.78 bits per heavy atom. The Bertz CT molecular complexity index is 718. The summed E-state index contributed by atoms with van der Waals surface area (Å²) in [6.45, 7) is 4.82. The van der Waals surface area contributed by atoms with Gasteiger partial charge in [0.2, 0.25) is 11.5 Å². The van der Waals surface area contributed by atoms with E-state index in [1.807, 2.05) is 48.2 Å². The number of piperazine rings is 1. The number of carbonyl (C=O) groups excluding carboxylic acids is 1. The number of rotatable bonds is 3. The van der Waals surface area contributed by atoms with Crippen molar-refractivity contribution >= 4 is 11.6 Å². The zero-order valence-electron chi connectivity index (χ0n) is 13.2. The summed E-state index contributed by atoms with van der Waals surface area (Å²) in [4.78, 5) is 30.7. The van der Waals surface area contributed by atoms with Crippen LogP contribution in [-0.2, 0) is 4.79 Å². The van der Waals surface area contributed by atoms with Crippen molar-refractivity contribution in [2.45, 2.75) is 12.8 Å². The van der Waals surface area contributed by atoms with E-state index < -0.39 is 0 Å². The van der Waals surface area contributed by atoms with E-state index in [0.717, 1.165) is 24.3 Å². The first-order valence-electron chi connectivity index (χ1n) is 7.92. The molecule has 0 bridgehead atoms. The highest BCUT2D eigenvalue weighted by atomic mass is 16.2. The van der Waals surface area contributed by atoms with Crippen LogP contribution in [0.2, 0.25) is 0 Å². The lowest BCUT2D eigenvalue weighted by Crippen LogP contribution is -2.50. The first-order valence-corrected chi connectivity index (χ1v) is 7.92. The smallest absolute Gasteiger partial charge is 0.249 e. The number of hydrogen-bond donors (Lipinski definition) is 1. The molecule has 0 aliphatic carbocycles. The Balaban J connectivity index is 1.62. The molecule has 120 valence electrons. The Labute approximate surface area is 135 Å². The molecule has 1 aromatic heterocycles. The molecule has 0 saturated carbocycles. The largest absolute Gasteiger partial charge is 0.368 e. The maximum Gasteiger partial charge on any atom is 0.249 e. The van der Waals surface area contributed by atoms with Gasteiger partial charge in [0.1, 0.15) is 0 Å². The minimum Gasteiger partial charge on any atom is -0.368 e. The summed E-state index contributed by atoms with van der Waals surface area (Å²) in [5.74, 6) is 0.0454. The molecule has 1 aliphatic rings. The standard InChI is InChI=1S/C18H21N3O2/c1-14(15-5-3-2-4-6-15)18(23)21-11-9-20(10-12-21)16-7-8-19-17(22)13-16/h2-8,13-14H,9-12H2,1H3,(H,19,22). The number of nitrogens with zero attached hydrogens (tertiary/aromatic N) is 2. The minimum absolute atomic E-state index is 0.0984. The van der Waals surface area contributed by atoms with Crippen LogP contribution in [0.4, 0.5) is 5.69 Å². The van der Waals surface area contributed by atoms with Gasteiger partial charge in [0.25, 0.3) is 0 Å². The van der Waals surface area contributed by atoms with Crippen LogP contribution in [0.5, 0.6) is 0 Å². The maximum atomic E-state index is 12.6. The predicted octanol–water partition coefficient (Wildman–Crippen LogP) is 1.83. The fraction of sp³-hybridized carbons (Fsp3) is 0.333. The van der Waals surface area contributed by atoms with Crippen LogP contribution in [-0.4, -0.2) is 42.0 Å². The maximum absolute atomic E-state index is 12.6. The van der Waals surface area contributed by atoms with Gasteiger partial charge < -0.3 is 14.8 Å². The summed E-state index contributed by atoms with van der Waals surface area (Å²) < 4.78 is 0. The Morgan fingerprint density at radius 1 is 1.09 bits per heavy atom. The molecule has 1 fully saturated rings. The Morgan fingerprint density at radius 3 is 2.43 bits per heavy atom. The number of anilines is 1. The molecule has 1 N–H and O–H groups in total. The van der Waals surface area contributed by atoms with Crippen molar-refractivity contribution < 1.29 is 4.79 Å². The van der Waals surface area contributed by atoms with Crippen LogP contribution < -0.4 is 10.5 Å². The lowest BCUT2D eigenvalue weighted by Gasteiger charge is -2.37. The molecular formula is C18H21N3O2. The lowest BCUT2D eigenvalue weighted by molar-refractivity contribution is -0.132. The molecule has 1 atom stereocenters. The third-order valence-electron chi connectivity index (χ3n) is 4.39. The van der Waals surface area contributed by atoms with Crippen molar-refractivity contribution in [1.82, 2.24) is 9.88 Å². The number of aromatic nitrogens is 1. The Hall–Kier alpha value is -2.56. The molecule has 5 nitrogen and oxygen atoms in total. The van der Waals surface area contributed by atoms with Gasteiger partial charge in [-0.2, -0.15) is 0 Å². The van der Waals surface area contributed by atoms with Gasteiger partial charge >= 0.3 is 0 Å². The molecule has 0 radical (unpaired) electrons. The quantitative estimate of drug-likeness (QED) is 0.941. The third kappa shape index (κ3) is 3.44. The van der Waals surface area contributed by atoms with Crippen molar-refractivity contribution in [3.63, 3.8) is 0 Å². The predicted molar refractivity (Wildman–Crippen MR) is 90.7 cm³/mol. The highest BCUT2D eigenvalue weighted by Gasteiger charge is 2.25. The van der Waals surface area contributed by atoms with Crippen LogP contribution in [0.3, 0.4) is 0 Å². The van der Waals surface area contributed by atoms with E-state index in [-0.39, 0.29) is 17.4 Å². The zero-order chi connectivity index (χ0) is 16.2.